The minimum Gasteiger partial charge on any atom is -0.374 e. The minimum atomic E-state index is -0.812. The van der Waals surface area contributed by atoms with Crippen LogP contribution in [0.1, 0.15) is 23.1 Å². The quantitative estimate of drug-likeness (QED) is 0.328. The molecule has 0 spiro atoms. The Hall–Kier alpha value is -2.58. The van der Waals surface area contributed by atoms with E-state index in [2.05, 4.69) is 4.89 Å². The first-order valence-electron chi connectivity index (χ1n) is 11.2. The fourth-order valence-corrected chi connectivity index (χ4v) is 3.88. The SMILES string of the molecule is OO[C@@H]1C[C@@H](OCc2ccccc2)[C@H](OCc2ccccc2)[C@@H](COCc2ccccc2)O1. The second kappa shape index (κ2) is 12.6. The van der Waals surface area contributed by atoms with Crippen LogP contribution in [0, 0.1) is 0 Å². The summed E-state index contributed by atoms with van der Waals surface area (Å²) in [6, 6.07) is 29.9. The van der Waals surface area contributed by atoms with Gasteiger partial charge in [0, 0.05) is 6.42 Å². The van der Waals surface area contributed by atoms with Gasteiger partial charge in [0.2, 0.25) is 0 Å². The topological polar surface area (TPSA) is 66.4 Å². The van der Waals surface area contributed by atoms with Crippen LogP contribution < -0.4 is 0 Å². The monoisotopic (exact) mass is 450 g/mol. The van der Waals surface area contributed by atoms with E-state index in [1.807, 2.05) is 91.0 Å². The molecule has 6 heteroatoms. The molecular weight excluding hydrogens is 420 g/mol. The minimum absolute atomic E-state index is 0.277. The maximum absolute atomic E-state index is 9.35. The number of benzene rings is 3. The van der Waals surface area contributed by atoms with Crippen molar-refractivity contribution in [1.29, 1.82) is 0 Å². The first kappa shape index (κ1) is 23.6. The highest BCUT2D eigenvalue weighted by atomic mass is 17.1. The van der Waals surface area contributed by atoms with E-state index in [1.54, 1.807) is 0 Å². The predicted molar refractivity (Wildman–Crippen MR) is 123 cm³/mol. The molecule has 1 N–H and O–H groups in total. The van der Waals surface area contributed by atoms with Gasteiger partial charge in [-0.15, -0.1) is 0 Å². The molecule has 4 atom stereocenters. The molecule has 6 nitrogen and oxygen atoms in total. The lowest BCUT2D eigenvalue weighted by molar-refractivity contribution is -0.385. The summed E-state index contributed by atoms with van der Waals surface area (Å²) in [4.78, 5) is 4.57. The lowest BCUT2D eigenvalue weighted by atomic mass is 10.0. The molecule has 0 amide bonds. The summed E-state index contributed by atoms with van der Waals surface area (Å²) < 4.78 is 24.5. The molecule has 0 unspecified atom stereocenters. The number of rotatable bonds is 11. The Morgan fingerprint density at radius 3 is 1.76 bits per heavy atom. The van der Waals surface area contributed by atoms with Crippen molar-refractivity contribution in [2.75, 3.05) is 6.61 Å². The van der Waals surface area contributed by atoms with Crippen LogP contribution in [0.3, 0.4) is 0 Å². The van der Waals surface area contributed by atoms with Gasteiger partial charge in [-0.3, -0.25) is 0 Å². The summed E-state index contributed by atoms with van der Waals surface area (Å²) in [5, 5.41) is 9.35. The third-order valence-electron chi connectivity index (χ3n) is 5.59. The fourth-order valence-electron chi connectivity index (χ4n) is 3.88. The summed E-state index contributed by atoms with van der Waals surface area (Å²) in [6.45, 7) is 1.57. The lowest BCUT2D eigenvalue weighted by Gasteiger charge is -2.40. The molecule has 3 aromatic rings. The second-order valence-electron chi connectivity index (χ2n) is 8.04. The molecule has 0 saturated carbocycles. The first-order chi connectivity index (χ1) is 16.3. The van der Waals surface area contributed by atoms with E-state index in [0.717, 1.165) is 16.7 Å². The summed E-state index contributed by atoms with van der Waals surface area (Å²) >= 11 is 0. The molecule has 1 aliphatic heterocycles. The molecule has 0 radical (unpaired) electrons. The third kappa shape index (κ3) is 7.20. The lowest BCUT2D eigenvalue weighted by Crippen LogP contribution is -2.52. The number of hydrogen-bond acceptors (Lipinski definition) is 6. The summed E-state index contributed by atoms with van der Waals surface area (Å²) in [5.74, 6) is 0. The smallest absolute Gasteiger partial charge is 0.194 e. The highest BCUT2D eigenvalue weighted by Gasteiger charge is 2.41. The van der Waals surface area contributed by atoms with Crippen LogP contribution in [-0.4, -0.2) is 36.5 Å². The molecule has 4 rings (SSSR count). The van der Waals surface area contributed by atoms with Gasteiger partial charge in [0.25, 0.3) is 0 Å². The Kier molecular flexibility index (Phi) is 9.00. The Labute approximate surface area is 194 Å². The molecule has 0 aromatic heterocycles. The van der Waals surface area contributed by atoms with Crippen molar-refractivity contribution < 1.29 is 29.1 Å². The summed E-state index contributed by atoms with van der Waals surface area (Å²) in [6.07, 6.45) is -1.67. The zero-order valence-electron chi connectivity index (χ0n) is 18.5. The van der Waals surface area contributed by atoms with Crippen LogP contribution in [0.15, 0.2) is 91.0 Å². The van der Waals surface area contributed by atoms with Gasteiger partial charge in [-0.25, -0.2) is 10.1 Å². The zero-order valence-corrected chi connectivity index (χ0v) is 18.5. The Bertz CT molecular complexity index is 921. The molecule has 0 bridgehead atoms. The Morgan fingerprint density at radius 1 is 0.697 bits per heavy atom. The molecule has 3 aromatic carbocycles. The molecule has 1 fully saturated rings. The predicted octanol–water partition coefficient (Wildman–Crippen LogP) is 4.98. The molecule has 0 aliphatic carbocycles. The van der Waals surface area contributed by atoms with Crippen molar-refractivity contribution in [2.45, 2.75) is 50.8 Å². The van der Waals surface area contributed by atoms with E-state index in [-0.39, 0.29) is 12.7 Å². The number of ether oxygens (including phenoxy) is 4. The molecule has 1 aliphatic rings. The zero-order chi connectivity index (χ0) is 22.7. The molecule has 33 heavy (non-hydrogen) atoms. The average molecular weight is 451 g/mol. The van der Waals surface area contributed by atoms with Crippen LogP contribution in [-0.2, 0) is 43.7 Å². The van der Waals surface area contributed by atoms with E-state index in [4.69, 9.17) is 18.9 Å². The van der Waals surface area contributed by atoms with Gasteiger partial charge < -0.3 is 18.9 Å². The maximum atomic E-state index is 9.35. The van der Waals surface area contributed by atoms with Gasteiger partial charge in [0.15, 0.2) is 6.29 Å². The van der Waals surface area contributed by atoms with Crippen LogP contribution in [0.2, 0.25) is 0 Å². The van der Waals surface area contributed by atoms with Crippen molar-refractivity contribution in [3.8, 4) is 0 Å². The van der Waals surface area contributed by atoms with Crippen molar-refractivity contribution in [2.24, 2.45) is 0 Å². The van der Waals surface area contributed by atoms with Crippen molar-refractivity contribution in [3.05, 3.63) is 108 Å². The molecule has 174 valence electrons. The van der Waals surface area contributed by atoms with Crippen molar-refractivity contribution in [1.82, 2.24) is 0 Å². The van der Waals surface area contributed by atoms with Crippen molar-refractivity contribution >= 4 is 0 Å². The summed E-state index contributed by atoms with van der Waals surface area (Å²) in [5.41, 5.74) is 3.19. The summed E-state index contributed by atoms with van der Waals surface area (Å²) in [7, 11) is 0. The largest absolute Gasteiger partial charge is 0.374 e. The van der Waals surface area contributed by atoms with E-state index < -0.39 is 18.5 Å². The molecule has 1 saturated heterocycles. The van der Waals surface area contributed by atoms with Gasteiger partial charge in [-0.05, 0) is 16.7 Å². The van der Waals surface area contributed by atoms with Gasteiger partial charge in [0.1, 0.15) is 12.2 Å². The maximum Gasteiger partial charge on any atom is 0.194 e. The van der Waals surface area contributed by atoms with Crippen LogP contribution in [0.5, 0.6) is 0 Å². The van der Waals surface area contributed by atoms with E-state index in [1.165, 1.54) is 0 Å². The molecule has 1 heterocycles. The van der Waals surface area contributed by atoms with Crippen LogP contribution in [0.25, 0.3) is 0 Å². The third-order valence-corrected chi connectivity index (χ3v) is 5.59. The van der Waals surface area contributed by atoms with Gasteiger partial charge in [0.05, 0.1) is 32.5 Å². The fraction of sp³-hybridized carbons (Fsp3) is 0.333. The van der Waals surface area contributed by atoms with E-state index in [0.29, 0.717) is 26.2 Å². The van der Waals surface area contributed by atoms with Crippen molar-refractivity contribution in [3.63, 3.8) is 0 Å². The van der Waals surface area contributed by atoms with Gasteiger partial charge in [-0.2, -0.15) is 0 Å². The number of hydrogen-bond donors (Lipinski definition) is 1. The van der Waals surface area contributed by atoms with Gasteiger partial charge in [-0.1, -0.05) is 91.0 Å². The van der Waals surface area contributed by atoms with Gasteiger partial charge >= 0.3 is 0 Å². The van der Waals surface area contributed by atoms with E-state index in [9.17, 15) is 5.26 Å². The normalized spacial score (nSPS) is 22.8. The van der Waals surface area contributed by atoms with Crippen LogP contribution in [0.4, 0.5) is 0 Å². The Morgan fingerprint density at radius 2 is 1.21 bits per heavy atom. The highest BCUT2D eigenvalue weighted by Crippen LogP contribution is 2.28. The highest BCUT2D eigenvalue weighted by molar-refractivity contribution is 5.15. The second-order valence-corrected chi connectivity index (χ2v) is 8.04. The average Bonchev–Trinajstić information content (AvgIpc) is 2.88. The molecular formula is C27H30O6. The Balaban J connectivity index is 1.44. The van der Waals surface area contributed by atoms with Crippen LogP contribution >= 0.6 is 0 Å². The first-order valence-corrected chi connectivity index (χ1v) is 11.2. The van der Waals surface area contributed by atoms with E-state index >= 15 is 0 Å². The standard InChI is InChI=1S/C27H30O6/c28-33-26-16-24(30-18-22-12-6-2-7-13-22)27(31-19-23-14-8-3-9-15-23)25(32-26)20-29-17-21-10-4-1-5-11-21/h1-15,24-28H,16-20H2/t24-,25-,26-,27+/m1/s1.